The highest BCUT2D eigenvalue weighted by molar-refractivity contribution is 5.76. The Balaban J connectivity index is 1.39. The molecule has 9 nitrogen and oxygen atoms in total. The summed E-state index contributed by atoms with van der Waals surface area (Å²) in [5.41, 5.74) is 0. The van der Waals surface area contributed by atoms with Gasteiger partial charge < -0.3 is 14.0 Å². The van der Waals surface area contributed by atoms with Gasteiger partial charge in [0.1, 0.15) is 5.82 Å². The zero-order valence-corrected chi connectivity index (χ0v) is 15.5. The molecule has 0 radical (unpaired) electrons. The van der Waals surface area contributed by atoms with E-state index in [-0.39, 0.29) is 11.8 Å². The number of imidazole rings is 1. The molecular formula is C18H24N8O. The fraction of sp³-hybridized carbons (Fsp3) is 0.500. The summed E-state index contributed by atoms with van der Waals surface area (Å²) in [5.74, 6) is 2.25. The number of aromatic nitrogens is 7. The summed E-state index contributed by atoms with van der Waals surface area (Å²) >= 11 is 0. The first-order valence-corrected chi connectivity index (χ1v) is 9.30. The van der Waals surface area contributed by atoms with Crippen LogP contribution in [0.15, 0.2) is 37.2 Å². The minimum absolute atomic E-state index is 0.177. The van der Waals surface area contributed by atoms with Gasteiger partial charge in [0, 0.05) is 63.8 Å². The molecule has 9 heteroatoms. The summed E-state index contributed by atoms with van der Waals surface area (Å²) in [4.78, 5) is 18.6. The van der Waals surface area contributed by atoms with Gasteiger partial charge in [-0.3, -0.25) is 9.48 Å². The Bertz CT molecular complexity index is 867. The van der Waals surface area contributed by atoms with Gasteiger partial charge in [-0.15, -0.1) is 10.2 Å². The number of carbonyl (C=O) groups excluding carboxylic acids is 1. The maximum atomic E-state index is 12.6. The molecule has 4 rings (SSSR count). The maximum absolute atomic E-state index is 12.6. The van der Waals surface area contributed by atoms with Crippen molar-refractivity contribution < 1.29 is 4.79 Å². The third-order valence-electron chi connectivity index (χ3n) is 5.14. The van der Waals surface area contributed by atoms with Crippen LogP contribution in [0.1, 0.15) is 36.8 Å². The Labute approximate surface area is 157 Å². The molecule has 0 N–H and O–H groups in total. The first-order chi connectivity index (χ1) is 13.2. The minimum atomic E-state index is 0.177. The van der Waals surface area contributed by atoms with Gasteiger partial charge in [0.2, 0.25) is 5.91 Å². The minimum Gasteiger partial charge on any atom is -0.342 e. The van der Waals surface area contributed by atoms with Crippen LogP contribution < -0.4 is 0 Å². The van der Waals surface area contributed by atoms with Crippen molar-refractivity contribution in [3.05, 3.63) is 48.8 Å². The number of hydrogen-bond acceptors (Lipinski definition) is 5. The second-order valence-corrected chi connectivity index (χ2v) is 6.97. The highest BCUT2D eigenvalue weighted by Crippen LogP contribution is 2.26. The normalized spacial score (nSPS) is 17.4. The standard InChI is InChI=1S/C18H24N8O/c1-23-16(13-24-11-7-19-14-24)21-22-18(23)15-4-2-8-25(12-15)17(27)5-10-26-9-3-6-20-26/h3,6-7,9,11,14-15H,2,4-5,8,10,12-13H2,1H3/t15-/m0/s1. The van der Waals surface area contributed by atoms with E-state index in [1.165, 1.54) is 0 Å². The largest absolute Gasteiger partial charge is 0.342 e. The molecule has 0 aromatic carbocycles. The fourth-order valence-corrected chi connectivity index (χ4v) is 3.63. The first kappa shape index (κ1) is 17.4. The summed E-state index contributed by atoms with van der Waals surface area (Å²) < 4.78 is 5.83. The van der Waals surface area contributed by atoms with Crippen LogP contribution in [0.2, 0.25) is 0 Å². The van der Waals surface area contributed by atoms with E-state index in [0.717, 1.165) is 31.0 Å². The van der Waals surface area contributed by atoms with Crippen LogP contribution in [0.4, 0.5) is 0 Å². The van der Waals surface area contributed by atoms with Crippen molar-refractivity contribution >= 4 is 5.91 Å². The van der Waals surface area contributed by atoms with E-state index in [1.807, 2.05) is 35.0 Å². The van der Waals surface area contributed by atoms with Gasteiger partial charge in [-0.2, -0.15) is 5.10 Å². The quantitative estimate of drug-likeness (QED) is 0.649. The first-order valence-electron chi connectivity index (χ1n) is 9.30. The Morgan fingerprint density at radius 1 is 1.26 bits per heavy atom. The molecule has 1 atom stereocenters. The van der Waals surface area contributed by atoms with E-state index in [1.54, 1.807) is 23.4 Å². The van der Waals surface area contributed by atoms with Crippen LogP contribution in [0.25, 0.3) is 0 Å². The number of likely N-dealkylation sites (tertiary alicyclic amines) is 1. The van der Waals surface area contributed by atoms with Gasteiger partial charge in [-0.1, -0.05) is 0 Å². The average molecular weight is 368 g/mol. The summed E-state index contributed by atoms with van der Waals surface area (Å²) in [6.07, 6.45) is 11.5. The molecule has 0 unspecified atom stereocenters. The van der Waals surface area contributed by atoms with Crippen molar-refractivity contribution in [3.8, 4) is 0 Å². The Kier molecular flexibility index (Phi) is 4.99. The lowest BCUT2D eigenvalue weighted by atomic mass is 9.97. The fourth-order valence-electron chi connectivity index (χ4n) is 3.63. The second-order valence-electron chi connectivity index (χ2n) is 6.97. The van der Waals surface area contributed by atoms with Crippen molar-refractivity contribution in [3.63, 3.8) is 0 Å². The zero-order valence-electron chi connectivity index (χ0n) is 15.5. The number of carbonyl (C=O) groups is 1. The lowest BCUT2D eigenvalue weighted by Gasteiger charge is -2.32. The molecule has 1 amide bonds. The Morgan fingerprint density at radius 3 is 2.96 bits per heavy atom. The third-order valence-corrected chi connectivity index (χ3v) is 5.14. The van der Waals surface area contributed by atoms with Crippen LogP contribution in [-0.2, 0) is 24.9 Å². The van der Waals surface area contributed by atoms with Gasteiger partial charge in [0.15, 0.2) is 5.82 Å². The predicted octanol–water partition coefficient (Wildman–Crippen LogP) is 1.05. The number of piperidine rings is 1. The number of hydrogen-bond donors (Lipinski definition) is 0. The van der Waals surface area contributed by atoms with Gasteiger partial charge in [0.05, 0.1) is 12.9 Å². The molecule has 0 spiro atoms. The van der Waals surface area contributed by atoms with Gasteiger partial charge in [0.25, 0.3) is 0 Å². The molecule has 0 bridgehead atoms. The average Bonchev–Trinajstić information content (AvgIpc) is 3.44. The molecule has 0 saturated carbocycles. The Hall–Kier alpha value is -2.97. The van der Waals surface area contributed by atoms with Crippen molar-refractivity contribution in [2.45, 2.75) is 38.3 Å². The lowest BCUT2D eigenvalue weighted by molar-refractivity contribution is -0.132. The smallest absolute Gasteiger partial charge is 0.224 e. The van der Waals surface area contributed by atoms with Gasteiger partial charge >= 0.3 is 0 Å². The molecule has 1 aliphatic rings. The monoisotopic (exact) mass is 368 g/mol. The van der Waals surface area contributed by atoms with Crippen molar-refractivity contribution in [2.75, 3.05) is 13.1 Å². The lowest BCUT2D eigenvalue weighted by Crippen LogP contribution is -2.40. The van der Waals surface area contributed by atoms with Crippen LogP contribution in [-0.4, -0.2) is 58.0 Å². The van der Waals surface area contributed by atoms with Crippen molar-refractivity contribution in [1.29, 1.82) is 0 Å². The van der Waals surface area contributed by atoms with E-state index >= 15 is 0 Å². The summed E-state index contributed by atoms with van der Waals surface area (Å²) in [6, 6.07) is 1.87. The van der Waals surface area contributed by atoms with E-state index in [2.05, 4.69) is 24.8 Å². The van der Waals surface area contributed by atoms with Crippen molar-refractivity contribution in [2.24, 2.45) is 7.05 Å². The van der Waals surface area contributed by atoms with E-state index in [0.29, 0.717) is 26.1 Å². The Morgan fingerprint density at radius 2 is 2.19 bits per heavy atom. The third kappa shape index (κ3) is 3.91. The molecule has 27 heavy (non-hydrogen) atoms. The van der Waals surface area contributed by atoms with Crippen LogP contribution in [0.5, 0.6) is 0 Å². The second kappa shape index (κ2) is 7.73. The summed E-state index contributed by atoms with van der Waals surface area (Å²) in [7, 11) is 2.00. The number of aryl methyl sites for hydroxylation is 1. The van der Waals surface area contributed by atoms with E-state index in [9.17, 15) is 4.79 Å². The van der Waals surface area contributed by atoms with Gasteiger partial charge in [-0.25, -0.2) is 4.98 Å². The van der Waals surface area contributed by atoms with Crippen LogP contribution in [0, 0.1) is 0 Å². The summed E-state index contributed by atoms with van der Waals surface area (Å²) in [5, 5.41) is 12.9. The molecule has 3 aromatic rings. The molecule has 1 saturated heterocycles. The number of amides is 1. The summed E-state index contributed by atoms with van der Waals surface area (Å²) in [6.45, 7) is 2.78. The molecule has 3 aromatic heterocycles. The molecule has 142 valence electrons. The highest BCUT2D eigenvalue weighted by Gasteiger charge is 2.28. The molecule has 1 fully saturated rings. The van der Waals surface area contributed by atoms with Crippen LogP contribution in [0.3, 0.4) is 0 Å². The molecule has 4 heterocycles. The van der Waals surface area contributed by atoms with E-state index in [4.69, 9.17) is 0 Å². The predicted molar refractivity (Wildman–Crippen MR) is 97.7 cm³/mol. The number of rotatable bonds is 6. The molecule has 1 aliphatic heterocycles. The SMILES string of the molecule is Cn1c(Cn2ccnc2)nnc1[C@H]1CCCN(C(=O)CCn2cccn2)C1. The maximum Gasteiger partial charge on any atom is 0.224 e. The van der Waals surface area contributed by atoms with Crippen LogP contribution >= 0.6 is 0 Å². The van der Waals surface area contributed by atoms with E-state index < -0.39 is 0 Å². The van der Waals surface area contributed by atoms with Crippen molar-refractivity contribution in [1.82, 2.24) is 39.0 Å². The van der Waals surface area contributed by atoms with Gasteiger partial charge in [-0.05, 0) is 18.9 Å². The number of nitrogens with zero attached hydrogens (tertiary/aromatic N) is 8. The molecule has 0 aliphatic carbocycles. The highest BCUT2D eigenvalue weighted by atomic mass is 16.2. The molecular weight excluding hydrogens is 344 g/mol. The zero-order chi connectivity index (χ0) is 18.6. The topological polar surface area (TPSA) is 86.7 Å².